The predicted molar refractivity (Wildman–Crippen MR) is 66.8 cm³/mol. The number of carbonyl (C=O) groups excluding carboxylic acids is 1. The van der Waals surface area contributed by atoms with Gasteiger partial charge in [0.2, 0.25) is 5.91 Å². The SMILES string of the molecule is CCOCCONc1cccc(NC(C)=O)c1. The number of nitrogens with one attached hydrogen (secondary N) is 2. The molecule has 0 heterocycles. The minimum absolute atomic E-state index is 0.0978. The minimum atomic E-state index is -0.0978. The molecule has 0 bridgehead atoms. The highest BCUT2D eigenvalue weighted by Crippen LogP contribution is 2.14. The summed E-state index contributed by atoms with van der Waals surface area (Å²) in [6.45, 7) is 5.11. The summed E-state index contributed by atoms with van der Waals surface area (Å²) in [6.07, 6.45) is 0. The normalized spacial score (nSPS) is 10.0. The Bertz CT molecular complexity index is 355. The molecule has 0 unspecified atom stereocenters. The summed E-state index contributed by atoms with van der Waals surface area (Å²) in [6, 6.07) is 7.29. The van der Waals surface area contributed by atoms with E-state index in [0.29, 0.717) is 19.8 Å². The van der Waals surface area contributed by atoms with Crippen LogP contribution in [0.25, 0.3) is 0 Å². The molecule has 94 valence electrons. The molecule has 1 aromatic carbocycles. The molecule has 5 heteroatoms. The second kappa shape index (κ2) is 7.65. The van der Waals surface area contributed by atoms with Gasteiger partial charge in [0, 0.05) is 19.2 Å². The summed E-state index contributed by atoms with van der Waals surface area (Å²) < 4.78 is 5.13. The lowest BCUT2D eigenvalue weighted by Gasteiger charge is -2.08. The molecule has 0 aliphatic heterocycles. The number of anilines is 2. The number of ether oxygens (including phenoxy) is 1. The molecule has 0 saturated carbocycles. The summed E-state index contributed by atoms with van der Waals surface area (Å²) in [5, 5.41) is 2.70. The van der Waals surface area contributed by atoms with Crippen molar-refractivity contribution in [3.05, 3.63) is 24.3 Å². The van der Waals surface area contributed by atoms with Crippen LogP contribution in [0.4, 0.5) is 11.4 Å². The maximum Gasteiger partial charge on any atom is 0.221 e. The van der Waals surface area contributed by atoms with Crippen LogP contribution in [0.15, 0.2) is 24.3 Å². The summed E-state index contributed by atoms with van der Waals surface area (Å²) in [4.78, 5) is 16.1. The van der Waals surface area contributed by atoms with E-state index in [4.69, 9.17) is 9.57 Å². The molecule has 0 radical (unpaired) electrons. The molecular formula is C12H18N2O3. The zero-order chi connectivity index (χ0) is 12.5. The first-order chi connectivity index (χ1) is 8.22. The van der Waals surface area contributed by atoms with Gasteiger partial charge in [0.05, 0.1) is 18.9 Å². The Balaban J connectivity index is 2.35. The van der Waals surface area contributed by atoms with Crippen LogP contribution in [0, 0.1) is 0 Å². The fourth-order valence-electron chi connectivity index (χ4n) is 1.24. The highest BCUT2D eigenvalue weighted by atomic mass is 16.7. The van der Waals surface area contributed by atoms with Crippen molar-refractivity contribution in [2.75, 3.05) is 30.6 Å². The Morgan fingerprint density at radius 3 is 2.76 bits per heavy atom. The standard InChI is InChI=1S/C12H18N2O3/c1-3-16-7-8-17-14-12-6-4-5-11(9-12)13-10(2)15/h4-6,9,14H,3,7-8H2,1-2H3,(H,13,15). The molecule has 0 spiro atoms. The number of amides is 1. The molecule has 0 aliphatic carbocycles. The fraction of sp³-hybridized carbons (Fsp3) is 0.417. The van der Waals surface area contributed by atoms with Crippen LogP contribution in [0.5, 0.6) is 0 Å². The highest BCUT2D eigenvalue weighted by molar-refractivity contribution is 5.89. The van der Waals surface area contributed by atoms with Gasteiger partial charge in [-0.3, -0.25) is 15.1 Å². The maximum absolute atomic E-state index is 10.9. The molecule has 0 aliphatic rings. The van der Waals surface area contributed by atoms with Crippen molar-refractivity contribution >= 4 is 17.3 Å². The van der Waals surface area contributed by atoms with Crippen molar-refractivity contribution in [3.8, 4) is 0 Å². The van der Waals surface area contributed by atoms with Gasteiger partial charge in [0.25, 0.3) is 0 Å². The fourth-order valence-corrected chi connectivity index (χ4v) is 1.24. The quantitative estimate of drug-likeness (QED) is 0.563. The lowest BCUT2D eigenvalue weighted by Crippen LogP contribution is -2.09. The highest BCUT2D eigenvalue weighted by Gasteiger charge is 1.97. The van der Waals surface area contributed by atoms with Crippen LogP contribution in [0.2, 0.25) is 0 Å². The Hall–Kier alpha value is -1.59. The summed E-state index contributed by atoms with van der Waals surface area (Å²) in [5.41, 5.74) is 4.30. The van der Waals surface area contributed by atoms with E-state index in [1.807, 2.05) is 25.1 Å². The molecule has 0 atom stereocenters. The maximum atomic E-state index is 10.9. The molecule has 17 heavy (non-hydrogen) atoms. The van der Waals surface area contributed by atoms with Crippen molar-refractivity contribution in [1.82, 2.24) is 0 Å². The second-order valence-electron chi connectivity index (χ2n) is 3.41. The van der Waals surface area contributed by atoms with Crippen molar-refractivity contribution in [2.24, 2.45) is 0 Å². The Labute approximate surface area is 101 Å². The molecule has 0 aromatic heterocycles. The average molecular weight is 238 g/mol. The number of carbonyl (C=O) groups is 1. The molecule has 0 saturated heterocycles. The van der Waals surface area contributed by atoms with Crippen LogP contribution in [0.1, 0.15) is 13.8 Å². The third-order valence-electron chi connectivity index (χ3n) is 1.91. The van der Waals surface area contributed by atoms with E-state index in [1.54, 1.807) is 6.07 Å². The van der Waals surface area contributed by atoms with Crippen molar-refractivity contribution in [3.63, 3.8) is 0 Å². The van der Waals surface area contributed by atoms with Crippen molar-refractivity contribution in [1.29, 1.82) is 0 Å². The largest absolute Gasteiger partial charge is 0.379 e. The van der Waals surface area contributed by atoms with Gasteiger partial charge in [-0.25, -0.2) is 0 Å². The van der Waals surface area contributed by atoms with Gasteiger partial charge in [-0.15, -0.1) is 0 Å². The first kappa shape index (κ1) is 13.5. The topological polar surface area (TPSA) is 59.6 Å². The van der Waals surface area contributed by atoms with Crippen LogP contribution >= 0.6 is 0 Å². The zero-order valence-electron chi connectivity index (χ0n) is 10.2. The van der Waals surface area contributed by atoms with E-state index in [9.17, 15) is 4.79 Å². The number of hydrogen-bond acceptors (Lipinski definition) is 4. The Kier molecular flexibility index (Phi) is 6.06. The zero-order valence-corrected chi connectivity index (χ0v) is 10.2. The lowest BCUT2D eigenvalue weighted by molar-refractivity contribution is -0.114. The van der Waals surface area contributed by atoms with Crippen LogP contribution < -0.4 is 10.8 Å². The van der Waals surface area contributed by atoms with E-state index >= 15 is 0 Å². The molecular weight excluding hydrogens is 220 g/mol. The predicted octanol–water partition coefficient (Wildman–Crippen LogP) is 2.03. The molecule has 1 amide bonds. The first-order valence-electron chi connectivity index (χ1n) is 5.55. The van der Waals surface area contributed by atoms with E-state index in [0.717, 1.165) is 11.4 Å². The number of hydrogen-bond donors (Lipinski definition) is 2. The van der Waals surface area contributed by atoms with E-state index in [2.05, 4.69) is 10.8 Å². The Morgan fingerprint density at radius 2 is 2.06 bits per heavy atom. The molecule has 5 nitrogen and oxygen atoms in total. The van der Waals surface area contributed by atoms with E-state index < -0.39 is 0 Å². The van der Waals surface area contributed by atoms with Gasteiger partial charge in [-0.05, 0) is 25.1 Å². The first-order valence-corrected chi connectivity index (χ1v) is 5.55. The second-order valence-corrected chi connectivity index (χ2v) is 3.41. The summed E-state index contributed by atoms with van der Waals surface area (Å²) >= 11 is 0. The van der Waals surface area contributed by atoms with Gasteiger partial charge >= 0.3 is 0 Å². The number of rotatable bonds is 7. The third-order valence-corrected chi connectivity index (χ3v) is 1.91. The van der Waals surface area contributed by atoms with E-state index in [-0.39, 0.29) is 5.91 Å². The lowest BCUT2D eigenvalue weighted by atomic mass is 10.3. The van der Waals surface area contributed by atoms with Gasteiger partial charge < -0.3 is 10.1 Å². The molecule has 0 fully saturated rings. The smallest absolute Gasteiger partial charge is 0.221 e. The minimum Gasteiger partial charge on any atom is -0.379 e. The van der Waals surface area contributed by atoms with Crippen LogP contribution in [-0.4, -0.2) is 25.7 Å². The molecule has 1 rings (SSSR count). The van der Waals surface area contributed by atoms with Gasteiger partial charge in [0.1, 0.15) is 0 Å². The van der Waals surface area contributed by atoms with Crippen LogP contribution in [0.3, 0.4) is 0 Å². The third kappa shape index (κ3) is 5.89. The average Bonchev–Trinajstić information content (AvgIpc) is 2.28. The molecule has 2 N–H and O–H groups in total. The van der Waals surface area contributed by atoms with Gasteiger partial charge in [-0.2, -0.15) is 0 Å². The van der Waals surface area contributed by atoms with Gasteiger partial charge in [-0.1, -0.05) is 6.07 Å². The Morgan fingerprint density at radius 1 is 1.29 bits per heavy atom. The summed E-state index contributed by atoms with van der Waals surface area (Å²) in [7, 11) is 0. The van der Waals surface area contributed by atoms with E-state index in [1.165, 1.54) is 6.92 Å². The van der Waals surface area contributed by atoms with Crippen molar-refractivity contribution in [2.45, 2.75) is 13.8 Å². The monoisotopic (exact) mass is 238 g/mol. The summed E-state index contributed by atoms with van der Waals surface area (Å²) in [5.74, 6) is -0.0978. The van der Waals surface area contributed by atoms with Crippen molar-refractivity contribution < 1.29 is 14.4 Å². The number of benzene rings is 1. The van der Waals surface area contributed by atoms with Gasteiger partial charge in [0.15, 0.2) is 0 Å². The van der Waals surface area contributed by atoms with Crippen LogP contribution in [-0.2, 0) is 14.4 Å². The molecule has 1 aromatic rings.